The highest BCUT2D eigenvalue weighted by molar-refractivity contribution is 9.10. The van der Waals surface area contributed by atoms with Crippen molar-refractivity contribution in [3.05, 3.63) is 67.5 Å². The van der Waals surface area contributed by atoms with Gasteiger partial charge in [-0.1, -0.05) is 57.4 Å². The first-order chi connectivity index (χ1) is 12.4. The number of aryl methyl sites for hydroxylation is 1. The van der Waals surface area contributed by atoms with E-state index in [9.17, 15) is 9.59 Å². The van der Waals surface area contributed by atoms with Crippen LogP contribution in [0.3, 0.4) is 0 Å². The van der Waals surface area contributed by atoms with Crippen molar-refractivity contribution >= 4 is 56.5 Å². The Kier molecular flexibility index (Phi) is 5.75. The lowest BCUT2D eigenvalue weighted by Crippen LogP contribution is -2.27. The minimum atomic E-state index is -0.321. The van der Waals surface area contributed by atoms with E-state index in [2.05, 4.69) is 15.9 Å². The van der Waals surface area contributed by atoms with Crippen molar-refractivity contribution in [3.63, 3.8) is 0 Å². The van der Waals surface area contributed by atoms with Crippen molar-refractivity contribution in [1.82, 2.24) is 4.90 Å². The van der Waals surface area contributed by atoms with Crippen molar-refractivity contribution in [2.24, 2.45) is 0 Å². The zero-order valence-electron chi connectivity index (χ0n) is 14.1. The summed E-state index contributed by atoms with van der Waals surface area (Å²) in [5, 5.41) is 0.133. The summed E-state index contributed by atoms with van der Waals surface area (Å²) < 4.78 is 6.08. The number of hydrogen-bond acceptors (Lipinski definition) is 4. The fraction of sp³-hybridized carbons (Fsp3) is 0.158. The van der Waals surface area contributed by atoms with E-state index in [-0.39, 0.29) is 17.7 Å². The first-order valence-corrected chi connectivity index (χ1v) is 9.71. The maximum atomic E-state index is 12.7. The Morgan fingerprint density at radius 3 is 2.58 bits per heavy atom. The van der Waals surface area contributed by atoms with Gasteiger partial charge in [-0.05, 0) is 42.5 Å². The summed E-state index contributed by atoms with van der Waals surface area (Å²) >= 11 is 10.5. The van der Waals surface area contributed by atoms with Gasteiger partial charge in [-0.3, -0.25) is 14.5 Å². The molecule has 0 saturated carbocycles. The predicted molar refractivity (Wildman–Crippen MR) is 108 cm³/mol. The van der Waals surface area contributed by atoms with Crippen LogP contribution in [0.4, 0.5) is 4.79 Å². The van der Waals surface area contributed by atoms with E-state index in [1.165, 1.54) is 12.0 Å². The highest BCUT2D eigenvalue weighted by atomic mass is 79.9. The molecular weight excluding hydrogens is 438 g/mol. The summed E-state index contributed by atoms with van der Waals surface area (Å²) in [5.74, 6) is 0.138. The van der Waals surface area contributed by atoms with Gasteiger partial charge in [0.1, 0.15) is 5.75 Å². The van der Waals surface area contributed by atoms with Crippen LogP contribution in [-0.2, 0) is 11.3 Å². The van der Waals surface area contributed by atoms with Crippen LogP contribution in [0.25, 0.3) is 6.08 Å². The van der Waals surface area contributed by atoms with Crippen LogP contribution in [0.1, 0.15) is 16.7 Å². The second-order valence-electron chi connectivity index (χ2n) is 5.76. The zero-order chi connectivity index (χ0) is 18.8. The molecule has 2 aromatic rings. The minimum absolute atomic E-state index is 0.249. The van der Waals surface area contributed by atoms with Crippen LogP contribution >= 0.6 is 39.3 Å². The lowest BCUT2D eigenvalue weighted by molar-refractivity contribution is -0.123. The lowest BCUT2D eigenvalue weighted by atomic mass is 10.1. The molecule has 3 rings (SSSR count). The summed E-state index contributed by atoms with van der Waals surface area (Å²) in [7, 11) is 1.51. The number of rotatable bonds is 4. The number of halogens is 2. The fourth-order valence-electron chi connectivity index (χ4n) is 2.56. The van der Waals surface area contributed by atoms with Gasteiger partial charge in [-0.2, -0.15) is 0 Å². The van der Waals surface area contributed by atoms with Gasteiger partial charge < -0.3 is 4.74 Å². The molecule has 1 saturated heterocycles. The number of methoxy groups -OCH3 is 1. The van der Waals surface area contributed by atoms with Crippen LogP contribution in [0.5, 0.6) is 5.75 Å². The number of ether oxygens (including phenoxy) is 1. The van der Waals surface area contributed by atoms with Gasteiger partial charge in [0.05, 0.1) is 23.6 Å². The van der Waals surface area contributed by atoms with E-state index in [0.717, 1.165) is 27.4 Å². The standard InChI is InChI=1S/C19H15BrClNO3S/c1-11-3-5-12(6-4-11)10-22-18(23)16(26-19(22)24)8-13-7-14(20)9-15(21)17(13)25-2/h3-9H,10H2,1-2H3/b16-8-. The number of imide groups is 1. The number of carbonyl (C=O) groups excluding carboxylic acids is 2. The Labute approximate surface area is 169 Å². The molecule has 0 aromatic heterocycles. The third kappa shape index (κ3) is 3.98. The van der Waals surface area contributed by atoms with Gasteiger partial charge in [0.25, 0.3) is 11.1 Å². The molecule has 0 N–H and O–H groups in total. The summed E-state index contributed by atoms with van der Waals surface area (Å²) in [4.78, 5) is 26.6. The second-order valence-corrected chi connectivity index (χ2v) is 8.08. The quantitative estimate of drug-likeness (QED) is 0.562. The molecule has 134 valence electrons. The summed E-state index contributed by atoms with van der Waals surface area (Å²) in [6, 6.07) is 11.2. The van der Waals surface area contributed by atoms with Crippen molar-refractivity contribution in [3.8, 4) is 5.75 Å². The molecular formula is C19H15BrClNO3S. The molecule has 2 amide bonds. The van der Waals surface area contributed by atoms with E-state index in [1.807, 2.05) is 31.2 Å². The van der Waals surface area contributed by atoms with Crippen LogP contribution in [-0.4, -0.2) is 23.2 Å². The van der Waals surface area contributed by atoms with Gasteiger partial charge in [0.15, 0.2) is 0 Å². The molecule has 1 fully saturated rings. The molecule has 0 bridgehead atoms. The highest BCUT2D eigenvalue weighted by Gasteiger charge is 2.35. The Bertz CT molecular complexity index is 912. The van der Waals surface area contributed by atoms with Gasteiger partial charge in [0, 0.05) is 10.0 Å². The van der Waals surface area contributed by atoms with Crippen LogP contribution < -0.4 is 4.74 Å². The van der Waals surface area contributed by atoms with E-state index >= 15 is 0 Å². The number of benzene rings is 2. The maximum Gasteiger partial charge on any atom is 0.293 e. The van der Waals surface area contributed by atoms with Crippen LogP contribution in [0.15, 0.2) is 45.8 Å². The number of nitrogens with zero attached hydrogens (tertiary/aromatic N) is 1. The average Bonchev–Trinajstić information content (AvgIpc) is 2.84. The molecule has 0 unspecified atom stereocenters. The second kappa shape index (κ2) is 7.86. The number of amides is 2. The summed E-state index contributed by atoms with van der Waals surface area (Å²) in [5.41, 5.74) is 2.66. The Morgan fingerprint density at radius 1 is 1.23 bits per heavy atom. The third-order valence-electron chi connectivity index (χ3n) is 3.86. The first kappa shape index (κ1) is 19.0. The van der Waals surface area contributed by atoms with E-state index in [1.54, 1.807) is 18.2 Å². The van der Waals surface area contributed by atoms with Gasteiger partial charge >= 0.3 is 0 Å². The number of carbonyl (C=O) groups is 2. The topological polar surface area (TPSA) is 46.6 Å². The highest BCUT2D eigenvalue weighted by Crippen LogP contribution is 2.38. The fourth-order valence-corrected chi connectivity index (χ4v) is 4.30. The third-order valence-corrected chi connectivity index (χ3v) is 5.51. The van der Waals surface area contributed by atoms with E-state index < -0.39 is 0 Å². The normalized spacial score (nSPS) is 15.8. The van der Waals surface area contributed by atoms with Gasteiger partial charge in [0.2, 0.25) is 0 Å². The van der Waals surface area contributed by atoms with E-state index in [4.69, 9.17) is 16.3 Å². The number of thioether (sulfide) groups is 1. The molecule has 0 spiro atoms. The molecule has 26 heavy (non-hydrogen) atoms. The minimum Gasteiger partial charge on any atom is -0.495 e. The largest absolute Gasteiger partial charge is 0.495 e. The Balaban J connectivity index is 1.89. The Morgan fingerprint density at radius 2 is 1.92 bits per heavy atom. The Hall–Kier alpha value is -1.76. The van der Waals surface area contributed by atoms with Crippen molar-refractivity contribution < 1.29 is 14.3 Å². The summed E-state index contributed by atoms with van der Waals surface area (Å²) in [6.07, 6.45) is 1.63. The smallest absolute Gasteiger partial charge is 0.293 e. The molecule has 0 radical (unpaired) electrons. The lowest BCUT2D eigenvalue weighted by Gasteiger charge is -2.12. The van der Waals surface area contributed by atoms with Crippen LogP contribution in [0.2, 0.25) is 5.02 Å². The molecule has 2 aromatic carbocycles. The van der Waals surface area contributed by atoms with Gasteiger partial charge in [-0.15, -0.1) is 0 Å². The average molecular weight is 453 g/mol. The van der Waals surface area contributed by atoms with Crippen molar-refractivity contribution in [2.75, 3.05) is 7.11 Å². The van der Waals surface area contributed by atoms with Crippen LogP contribution in [0, 0.1) is 6.92 Å². The first-order valence-electron chi connectivity index (χ1n) is 7.73. The maximum absolute atomic E-state index is 12.7. The molecule has 1 aliphatic heterocycles. The molecule has 0 aliphatic carbocycles. The SMILES string of the molecule is COc1c(Cl)cc(Br)cc1/C=C1\SC(=O)N(Cc2ccc(C)cc2)C1=O. The zero-order valence-corrected chi connectivity index (χ0v) is 17.2. The molecule has 0 atom stereocenters. The van der Waals surface area contributed by atoms with Crippen molar-refractivity contribution in [2.45, 2.75) is 13.5 Å². The molecule has 1 heterocycles. The molecule has 1 aliphatic rings. The monoisotopic (exact) mass is 451 g/mol. The van der Waals surface area contributed by atoms with E-state index in [0.29, 0.717) is 21.2 Å². The summed E-state index contributed by atoms with van der Waals surface area (Å²) in [6.45, 7) is 2.24. The number of hydrogen-bond donors (Lipinski definition) is 0. The van der Waals surface area contributed by atoms with Crippen molar-refractivity contribution in [1.29, 1.82) is 0 Å². The predicted octanol–water partition coefficient (Wildman–Crippen LogP) is 5.66. The molecule has 4 nitrogen and oxygen atoms in total. The van der Waals surface area contributed by atoms with Gasteiger partial charge in [-0.25, -0.2) is 0 Å². The molecule has 7 heteroatoms.